The molecule has 6 heteroatoms. The molecule has 4 aliphatic rings. The molecule has 3 heterocycles. The summed E-state index contributed by atoms with van der Waals surface area (Å²) in [5.74, 6) is 1.68. The Kier molecular flexibility index (Phi) is 5.23. The summed E-state index contributed by atoms with van der Waals surface area (Å²) in [4.78, 5) is 38.5. The molecule has 1 aromatic heterocycles. The molecule has 29 heavy (non-hydrogen) atoms. The fourth-order valence-corrected chi connectivity index (χ4v) is 5.75. The zero-order chi connectivity index (χ0) is 20.0. The Hall–Kier alpha value is -1.69. The first-order chi connectivity index (χ1) is 14.1. The van der Waals surface area contributed by atoms with Gasteiger partial charge < -0.3 is 9.88 Å². The summed E-state index contributed by atoms with van der Waals surface area (Å²) in [5.41, 5.74) is 1.84. The second-order valence-corrected chi connectivity index (χ2v) is 9.75. The maximum absolute atomic E-state index is 13.0. The van der Waals surface area contributed by atoms with Crippen molar-refractivity contribution in [2.45, 2.75) is 89.8 Å². The molecule has 3 atom stereocenters. The summed E-state index contributed by atoms with van der Waals surface area (Å²) in [6.45, 7) is 4.70. The third-order valence-corrected chi connectivity index (χ3v) is 7.74. The zero-order valence-corrected chi connectivity index (χ0v) is 17.7. The van der Waals surface area contributed by atoms with Crippen LogP contribution in [0, 0.1) is 11.8 Å². The van der Waals surface area contributed by atoms with Crippen molar-refractivity contribution in [3.05, 3.63) is 27.4 Å². The second kappa shape index (κ2) is 7.86. The lowest BCUT2D eigenvalue weighted by atomic mass is 9.92. The number of rotatable bonds is 3. The van der Waals surface area contributed by atoms with E-state index < -0.39 is 0 Å². The summed E-state index contributed by atoms with van der Waals surface area (Å²) in [5, 5.41) is 0. The molecule has 5 rings (SSSR count). The summed E-state index contributed by atoms with van der Waals surface area (Å²) in [6.07, 6.45) is 11.4. The third kappa shape index (κ3) is 3.76. The summed E-state index contributed by atoms with van der Waals surface area (Å²) < 4.78 is 0. The average molecular weight is 399 g/mol. The van der Waals surface area contributed by atoms with E-state index in [1.165, 1.54) is 32.1 Å². The number of nitrogens with zero attached hydrogens (tertiary/aromatic N) is 3. The van der Waals surface area contributed by atoms with Gasteiger partial charge in [0.1, 0.15) is 5.82 Å². The Balaban J connectivity index is 1.40. The van der Waals surface area contributed by atoms with Crippen LogP contribution in [0.2, 0.25) is 0 Å². The standard InChI is InChI=1S/C23H34N4O2/c1-15-13-18(15)23(29)27-11-6-5-9-20(27)21-24-19-14-26(16-7-3-2-4-8-16)12-10-17(19)22(28)25-21/h15-16,18,20H,2-14H2,1H3,(H,24,25,28)/t15-,18-,20+/m1/s1. The normalized spacial score (nSPS) is 30.8. The SMILES string of the molecule is C[C@@H]1C[C@H]1C(=O)N1CCCC[C@H]1c1nc2c(c(=O)[nH]1)CCN(C1CCCCC1)C2. The Labute approximate surface area is 173 Å². The number of hydrogen-bond acceptors (Lipinski definition) is 4. The first kappa shape index (κ1) is 19.3. The second-order valence-electron chi connectivity index (χ2n) is 9.75. The predicted octanol–water partition coefficient (Wildman–Crippen LogP) is 3.17. The van der Waals surface area contributed by atoms with Gasteiger partial charge in [-0.05, 0) is 50.9 Å². The molecule has 1 aromatic rings. The number of piperidine rings is 1. The number of aromatic amines is 1. The van der Waals surface area contributed by atoms with Gasteiger partial charge in [-0.1, -0.05) is 26.2 Å². The highest BCUT2D eigenvalue weighted by Gasteiger charge is 2.44. The summed E-state index contributed by atoms with van der Waals surface area (Å²) in [7, 11) is 0. The molecule has 2 aliphatic heterocycles. The van der Waals surface area contributed by atoms with Gasteiger partial charge in [0.25, 0.3) is 5.56 Å². The van der Waals surface area contributed by atoms with Crippen LogP contribution in [0.25, 0.3) is 0 Å². The van der Waals surface area contributed by atoms with Gasteiger partial charge >= 0.3 is 0 Å². The minimum Gasteiger partial charge on any atom is -0.332 e. The largest absolute Gasteiger partial charge is 0.332 e. The summed E-state index contributed by atoms with van der Waals surface area (Å²) >= 11 is 0. The number of hydrogen-bond donors (Lipinski definition) is 1. The minimum atomic E-state index is -0.0629. The van der Waals surface area contributed by atoms with Crippen LogP contribution in [0.5, 0.6) is 0 Å². The molecule has 158 valence electrons. The Morgan fingerprint density at radius 1 is 1.07 bits per heavy atom. The smallest absolute Gasteiger partial charge is 0.254 e. The van der Waals surface area contributed by atoms with E-state index in [0.29, 0.717) is 12.0 Å². The molecule has 0 unspecified atom stereocenters. The van der Waals surface area contributed by atoms with Gasteiger partial charge in [-0.2, -0.15) is 0 Å². The molecule has 6 nitrogen and oxygen atoms in total. The van der Waals surface area contributed by atoms with E-state index in [4.69, 9.17) is 4.98 Å². The van der Waals surface area contributed by atoms with Gasteiger partial charge in [0.15, 0.2) is 0 Å². The van der Waals surface area contributed by atoms with Crippen molar-refractivity contribution in [3.63, 3.8) is 0 Å². The van der Waals surface area contributed by atoms with Crippen molar-refractivity contribution in [2.75, 3.05) is 13.1 Å². The molecule has 2 aliphatic carbocycles. The first-order valence-electron chi connectivity index (χ1n) is 11.8. The van der Waals surface area contributed by atoms with E-state index >= 15 is 0 Å². The van der Waals surface area contributed by atoms with Gasteiger partial charge in [-0.25, -0.2) is 4.98 Å². The topological polar surface area (TPSA) is 69.3 Å². The van der Waals surface area contributed by atoms with Gasteiger partial charge in [0.2, 0.25) is 5.91 Å². The Morgan fingerprint density at radius 2 is 1.83 bits per heavy atom. The molecule has 0 spiro atoms. The van der Waals surface area contributed by atoms with Gasteiger partial charge in [-0.15, -0.1) is 0 Å². The highest BCUT2D eigenvalue weighted by atomic mass is 16.2. The average Bonchev–Trinajstić information content (AvgIpc) is 3.50. The van der Waals surface area contributed by atoms with Crippen LogP contribution in [0.15, 0.2) is 4.79 Å². The highest BCUT2D eigenvalue weighted by molar-refractivity contribution is 5.82. The zero-order valence-electron chi connectivity index (χ0n) is 17.7. The fraction of sp³-hybridized carbons (Fsp3) is 0.783. The predicted molar refractivity (Wildman–Crippen MR) is 111 cm³/mol. The van der Waals surface area contributed by atoms with Crippen LogP contribution in [-0.2, 0) is 17.8 Å². The number of nitrogens with one attached hydrogen (secondary N) is 1. The lowest BCUT2D eigenvalue weighted by molar-refractivity contribution is -0.137. The van der Waals surface area contributed by atoms with Crippen molar-refractivity contribution >= 4 is 5.91 Å². The van der Waals surface area contributed by atoms with Crippen LogP contribution in [-0.4, -0.2) is 44.8 Å². The highest BCUT2D eigenvalue weighted by Crippen LogP contribution is 2.42. The Bertz CT molecular complexity index is 829. The molecular formula is C23H34N4O2. The van der Waals surface area contributed by atoms with Crippen molar-refractivity contribution in [2.24, 2.45) is 11.8 Å². The van der Waals surface area contributed by atoms with Crippen LogP contribution in [0.3, 0.4) is 0 Å². The number of carbonyl (C=O) groups is 1. The van der Waals surface area contributed by atoms with E-state index in [2.05, 4.69) is 16.8 Å². The number of fused-ring (bicyclic) bond motifs is 1. The molecule has 0 bridgehead atoms. The summed E-state index contributed by atoms with van der Waals surface area (Å²) in [6, 6.07) is 0.581. The molecule has 0 radical (unpaired) electrons. The molecule has 1 saturated heterocycles. The molecule has 3 fully saturated rings. The van der Waals surface area contributed by atoms with E-state index in [0.717, 1.165) is 68.8 Å². The minimum absolute atomic E-state index is 0.0195. The quantitative estimate of drug-likeness (QED) is 0.849. The molecule has 1 amide bonds. The van der Waals surface area contributed by atoms with Crippen LogP contribution < -0.4 is 5.56 Å². The number of likely N-dealkylation sites (tertiary alicyclic amines) is 1. The van der Waals surface area contributed by atoms with Crippen molar-refractivity contribution in [3.8, 4) is 0 Å². The van der Waals surface area contributed by atoms with Gasteiger partial charge in [0, 0.05) is 37.2 Å². The van der Waals surface area contributed by atoms with E-state index in [9.17, 15) is 9.59 Å². The van der Waals surface area contributed by atoms with Gasteiger partial charge in [-0.3, -0.25) is 14.5 Å². The lowest BCUT2D eigenvalue weighted by Gasteiger charge is -2.38. The fourth-order valence-electron chi connectivity index (χ4n) is 5.75. The van der Waals surface area contributed by atoms with Crippen LogP contribution >= 0.6 is 0 Å². The van der Waals surface area contributed by atoms with Crippen LogP contribution in [0.1, 0.15) is 87.8 Å². The first-order valence-corrected chi connectivity index (χ1v) is 11.8. The van der Waals surface area contributed by atoms with Crippen molar-refractivity contribution in [1.29, 1.82) is 0 Å². The Morgan fingerprint density at radius 3 is 2.59 bits per heavy atom. The maximum Gasteiger partial charge on any atom is 0.254 e. The number of carbonyl (C=O) groups excluding carboxylic acids is 1. The van der Waals surface area contributed by atoms with Crippen molar-refractivity contribution < 1.29 is 4.79 Å². The molecule has 2 saturated carbocycles. The third-order valence-electron chi connectivity index (χ3n) is 7.74. The number of aromatic nitrogens is 2. The molecular weight excluding hydrogens is 364 g/mol. The lowest BCUT2D eigenvalue weighted by Crippen LogP contribution is -2.44. The monoisotopic (exact) mass is 398 g/mol. The van der Waals surface area contributed by atoms with Gasteiger partial charge in [0.05, 0.1) is 11.7 Å². The molecule has 0 aromatic carbocycles. The molecule has 1 N–H and O–H groups in total. The number of H-pyrrole nitrogens is 1. The van der Waals surface area contributed by atoms with Crippen LogP contribution in [0.4, 0.5) is 0 Å². The van der Waals surface area contributed by atoms with Crippen molar-refractivity contribution in [1.82, 2.24) is 19.8 Å². The maximum atomic E-state index is 13.0. The van der Waals surface area contributed by atoms with E-state index in [-0.39, 0.29) is 23.4 Å². The van der Waals surface area contributed by atoms with E-state index in [1.54, 1.807) is 0 Å². The number of amides is 1. The van der Waals surface area contributed by atoms with E-state index in [1.807, 2.05) is 4.90 Å².